The van der Waals surface area contributed by atoms with Crippen LogP contribution in [0.15, 0.2) is 24.3 Å². The maximum Gasteiger partial charge on any atom is 0.271 e. The smallest absolute Gasteiger partial charge is 0.271 e. The van der Waals surface area contributed by atoms with Gasteiger partial charge in [0, 0.05) is 25.2 Å². The Morgan fingerprint density at radius 2 is 2.12 bits per heavy atom. The van der Waals surface area contributed by atoms with Crippen LogP contribution in [0.3, 0.4) is 0 Å². The minimum atomic E-state index is -0.398. The van der Waals surface area contributed by atoms with Crippen molar-refractivity contribution in [2.24, 2.45) is 0 Å². The molecule has 0 atom stereocenters. The van der Waals surface area contributed by atoms with Crippen molar-refractivity contribution in [3.8, 4) is 0 Å². The Labute approximate surface area is 92.9 Å². The Bertz CT molecular complexity index is 377. The molecule has 0 amide bonds. The second kappa shape index (κ2) is 4.91. The molecule has 1 aromatic carbocycles. The first-order valence-electron chi connectivity index (χ1n) is 5.09. The van der Waals surface area contributed by atoms with E-state index in [0.29, 0.717) is 13.2 Å². The SMILES string of the molecule is O=[N+]([O-])c1cccc(NN2CCOCC2)c1. The lowest BCUT2D eigenvalue weighted by molar-refractivity contribution is -0.384. The zero-order valence-corrected chi connectivity index (χ0v) is 8.76. The predicted molar refractivity (Wildman–Crippen MR) is 59.1 cm³/mol. The summed E-state index contributed by atoms with van der Waals surface area (Å²) >= 11 is 0. The first-order valence-corrected chi connectivity index (χ1v) is 5.09. The van der Waals surface area contributed by atoms with E-state index < -0.39 is 4.92 Å². The number of hydrazine groups is 1. The van der Waals surface area contributed by atoms with E-state index in [4.69, 9.17) is 4.74 Å². The lowest BCUT2D eigenvalue weighted by Crippen LogP contribution is -2.40. The topological polar surface area (TPSA) is 67.6 Å². The number of benzene rings is 1. The van der Waals surface area contributed by atoms with Crippen molar-refractivity contribution in [2.45, 2.75) is 0 Å². The van der Waals surface area contributed by atoms with E-state index in [1.165, 1.54) is 12.1 Å². The fourth-order valence-electron chi connectivity index (χ4n) is 1.55. The molecule has 0 spiro atoms. The average Bonchev–Trinajstić information content (AvgIpc) is 2.30. The molecule has 86 valence electrons. The molecule has 0 bridgehead atoms. The predicted octanol–water partition coefficient (Wildman–Crippen LogP) is 1.25. The van der Waals surface area contributed by atoms with E-state index >= 15 is 0 Å². The van der Waals surface area contributed by atoms with Gasteiger partial charge in [-0.2, -0.15) is 0 Å². The van der Waals surface area contributed by atoms with Gasteiger partial charge in [-0.15, -0.1) is 0 Å². The van der Waals surface area contributed by atoms with Crippen LogP contribution in [0.25, 0.3) is 0 Å². The fourth-order valence-corrected chi connectivity index (χ4v) is 1.55. The highest BCUT2D eigenvalue weighted by Crippen LogP contribution is 2.17. The Morgan fingerprint density at radius 3 is 2.81 bits per heavy atom. The van der Waals surface area contributed by atoms with Gasteiger partial charge in [0.1, 0.15) is 0 Å². The molecule has 1 fully saturated rings. The zero-order valence-electron chi connectivity index (χ0n) is 8.76. The van der Waals surface area contributed by atoms with Crippen LogP contribution in [-0.2, 0) is 4.74 Å². The summed E-state index contributed by atoms with van der Waals surface area (Å²) in [5.74, 6) is 0. The van der Waals surface area contributed by atoms with E-state index in [9.17, 15) is 10.1 Å². The van der Waals surface area contributed by atoms with Crippen LogP contribution in [0, 0.1) is 10.1 Å². The molecule has 0 saturated carbocycles. The van der Waals surface area contributed by atoms with Crippen molar-refractivity contribution < 1.29 is 9.66 Å². The van der Waals surface area contributed by atoms with Gasteiger partial charge in [0.15, 0.2) is 0 Å². The number of nitro groups is 1. The van der Waals surface area contributed by atoms with E-state index in [0.717, 1.165) is 18.8 Å². The number of morpholine rings is 1. The van der Waals surface area contributed by atoms with Crippen LogP contribution in [0.1, 0.15) is 0 Å². The summed E-state index contributed by atoms with van der Waals surface area (Å²) in [6.07, 6.45) is 0. The Morgan fingerprint density at radius 1 is 1.38 bits per heavy atom. The van der Waals surface area contributed by atoms with Crippen molar-refractivity contribution in [3.05, 3.63) is 34.4 Å². The van der Waals surface area contributed by atoms with Gasteiger partial charge in [0.25, 0.3) is 5.69 Å². The molecule has 6 heteroatoms. The van der Waals surface area contributed by atoms with Gasteiger partial charge < -0.3 is 10.2 Å². The van der Waals surface area contributed by atoms with Gasteiger partial charge in [-0.3, -0.25) is 10.1 Å². The average molecular weight is 223 g/mol. The zero-order chi connectivity index (χ0) is 11.4. The molecule has 16 heavy (non-hydrogen) atoms. The summed E-state index contributed by atoms with van der Waals surface area (Å²) in [7, 11) is 0. The first-order chi connectivity index (χ1) is 7.75. The monoisotopic (exact) mass is 223 g/mol. The first kappa shape index (κ1) is 10.8. The minimum absolute atomic E-state index is 0.0956. The molecular weight excluding hydrogens is 210 g/mol. The van der Waals surface area contributed by atoms with Crippen molar-refractivity contribution in [1.82, 2.24) is 5.01 Å². The van der Waals surface area contributed by atoms with E-state index in [1.54, 1.807) is 6.07 Å². The fraction of sp³-hybridized carbons (Fsp3) is 0.400. The van der Waals surface area contributed by atoms with Gasteiger partial charge in [-0.1, -0.05) is 6.07 Å². The second-order valence-corrected chi connectivity index (χ2v) is 3.52. The Hall–Kier alpha value is -1.66. The van der Waals surface area contributed by atoms with Crippen LogP contribution in [0.2, 0.25) is 0 Å². The standard InChI is InChI=1S/C10H13N3O3/c14-13(15)10-3-1-2-9(8-10)11-12-4-6-16-7-5-12/h1-3,8,11H,4-7H2. The molecule has 1 aliphatic heterocycles. The largest absolute Gasteiger partial charge is 0.379 e. The highest BCUT2D eigenvalue weighted by atomic mass is 16.6. The molecular formula is C10H13N3O3. The number of nitro benzene ring substituents is 1. The Kier molecular flexibility index (Phi) is 3.33. The molecule has 1 heterocycles. The molecule has 1 N–H and O–H groups in total. The number of rotatable bonds is 3. The third-order valence-electron chi connectivity index (χ3n) is 2.36. The van der Waals surface area contributed by atoms with Crippen LogP contribution < -0.4 is 5.43 Å². The number of ether oxygens (including phenoxy) is 1. The summed E-state index contributed by atoms with van der Waals surface area (Å²) in [4.78, 5) is 10.2. The van der Waals surface area contributed by atoms with E-state index in [1.807, 2.05) is 11.1 Å². The van der Waals surface area contributed by atoms with Crippen molar-refractivity contribution >= 4 is 11.4 Å². The summed E-state index contributed by atoms with van der Waals surface area (Å²) in [5, 5.41) is 12.6. The van der Waals surface area contributed by atoms with Gasteiger partial charge in [0.2, 0.25) is 0 Å². The number of nitrogens with zero attached hydrogens (tertiary/aromatic N) is 2. The maximum absolute atomic E-state index is 10.6. The van der Waals surface area contributed by atoms with E-state index in [-0.39, 0.29) is 5.69 Å². The molecule has 0 radical (unpaired) electrons. The summed E-state index contributed by atoms with van der Waals surface area (Å²) in [5.41, 5.74) is 3.95. The lowest BCUT2D eigenvalue weighted by atomic mass is 10.3. The van der Waals surface area contributed by atoms with Crippen molar-refractivity contribution in [1.29, 1.82) is 0 Å². The van der Waals surface area contributed by atoms with Crippen LogP contribution in [-0.4, -0.2) is 36.2 Å². The highest BCUT2D eigenvalue weighted by molar-refractivity contribution is 5.50. The maximum atomic E-state index is 10.6. The summed E-state index contributed by atoms with van der Waals surface area (Å²) in [6, 6.07) is 6.48. The van der Waals surface area contributed by atoms with Crippen LogP contribution in [0.5, 0.6) is 0 Å². The normalized spacial score (nSPS) is 17.0. The number of non-ortho nitro benzene ring substituents is 1. The number of hydrogen-bond acceptors (Lipinski definition) is 5. The van der Waals surface area contributed by atoms with Gasteiger partial charge in [0.05, 0.1) is 23.8 Å². The third kappa shape index (κ3) is 2.68. The molecule has 2 rings (SSSR count). The van der Waals surface area contributed by atoms with Crippen LogP contribution in [0.4, 0.5) is 11.4 Å². The third-order valence-corrected chi connectivity index (χ3v) is 2.36. The number of anilines is 1. The van der Waals surface area contributed by atoms with Gasteiger partial charge in [-0.05, 0) is 6.07 Å². The number of nitrogens with one attached hydrogen (secondary N) is 1. The molecule has 1 aliphatic rings. The molecule has 1 aromatic rings. The highest BCUT2D eigenvalue weighted by Gasteiger charge is 2.11. The molecule has 1 saturated heterocycles. The molecule has 0 aromatic heterocycles. The molecule has 6 nitrogen and oxygen atoms in total. The van der Waals surface area contributed by atoms with E-state index in [2.05, 4.69) is 5.43 Å². The minimum Gasteiger partial charge on any atom is -0.379 e. The quantitative estimate of drug-likeness (QED) is 0.617. The van der Waals surface area contributed by atoms with Gasteiger partial charge >= 0.3 is 0 Å². The summed E-state index contributed by atoms with van der Waals surface area (Å²) < 4.78 is 5.21. The van der Waals surface area contributed by atoms with Crippen molar-refractivity contribution in [2.75, 3.05) is 31.7 Å². The van der Waals surface area contributed by atoms with Gasteiger partial charge in [-0.25, -0.2) is 5.01 Å². The molecule has 0 aliphatic carbocycles. The number of hydrogen-bond donors (Lipinski definition) is 1. The summed E-state index contributed by atoms with van der Waals surface area (Å²) in [6.45, 7) is 2.93. The van der Waals surface area contributed by atoms with Crippen molar-refractivity contribution in [3.63, 3.8) is 0 Å². The molecule has 0 unspecified atom stereocenters. The lowest BCUT2D eigenvalue weighted by Gasteiger charge is -2.27. The second-order valence-electron chi connectivity index (χ2n) is 3.52. The Balaban J connectivity index is 2.02. The van der Waals surface area contributed by atoms with Crippen LogP contribution >= 0.6 is 0 Å².